The van der Waals surface area contributed by atoms with Crippen LogP contribution in [0.5, 0.6) is 5.75 Å². The summed E-state index contributed by atoms with van der Waals surface area (Å²) < 4.78 is 12.6. The average Bonchev–Trinajstić information content (AvgIpc) is 3.35. The standard InChI is InChI=1S/C22H21N3O3S2/c1-13-11-14(28-24-13)12-29-22-23-20-19(15-7-3-6-10-18(15)30-20)21(26)25(22)16-8-4-5-9-17(16)27-2/h4-5,8-9,11H,3,6-7,10,12H2,1-2H3. The van der Waals surface area contributed by atoms with E-state index in [2.05, 4.69) is 5.16 Å². The van der Waals surface area contributed by atoms with Crippen LogP contribution in [0.25, 0.3) is 15.9 Å². The van der Waals surface area contributed by atoms with Crippen LogP contribution in [0.15, 0.2) is 44.8 Å². The summed E-state index contributed by atoms with van der Waals surface area (Å²) in [4.78, 5) is 20.9. The summed E-state index contributed by atoms with van der Waals surface area (Å²) in [5.74, 6) is 1.94. The minimum Gasteiger partial charge on any atom is -0.495 e. The zero-order valence-corrected chi connectivity index (χ0v) is 18.4. The highest BCUT2D eigenvalue weighted by molar-refractivity contribution is 7.98. The molecule has 1 aromatic carbocycles. The molecule has 0 saturated heterocycles. The number of methoxy groups -OCH3 is 1. The van der Waals surface area contributed by atoms with Gasteiger partial charge in [0.2, 0.25) is 0 Å². The number of hydrogen-bond donors (Lipinski definition) is 0. The Balaban J connectivity index is 1.71. The van der Waals surface area contributed by atoms with Gasteiger partial charge in [0.1, 0.15) is 16.3 Å². The summed E-state index contributed by atoms with van der Waals surface area (Å²) in [5.41, 5.74) is 2.69. The van der Waals surface area contributed by atoms with E-state index in [1.54, 1.807) is 23.0 Å². The van der Waals surface area contributed by atoms with E-state index in [1.165, 1.54) is 28.6 Å². The van der Waals surface area contributed by atoms with Gasteiger partial charge in [-0.15, -0.1) is 11.3 Å². The number of thioether (sulfide) groups is 1. The lowest BCUT2D eigenvalue weighted by Gasteiger charge is -2.15. The lowest BCUT2D eigenvalue weighted by Crippen LogP contribution is -2.22. The molecule has 3 heterocycles. The summed E-state index contributed by atoms with van der Waals surface area (Å²) in [6.07, 6.45) is 4.27. The number of para-hydroxylation sites is 2. The fraction of sp³-hybridized carbons (Fsp3) is 0.318. The quantitative estimate of drug-likeness (QED) is 0.325. The van der Waals surface area contributed by atoms with Gasteiger partial charge in [0.25, 0.3) is 5.56 Å². The van der Waals surface area contributed by atoms with E-state index in [0.717, 1.165) is 40.9 Å². The van der Waals surface area contributed by atoms with Crippen LogP contribution in [0.4, 0.5) is 0 Å². The SMILES string of the molecule is COc1ccccc1-n1c(SCc2cc(C)no2)nc2sc3c(c2c1=O)CCCC3. The largest absolute Gasteiger partial charge is 0.495 e. The number of aryl methyl sites for hydroxylation is 3. The molecule has 0 bridgehead atoms. The van der Waals surface area contributed by atoms with Crippen LogP contribution in [-0.2, 0) is 18.6 Å². The minimum atomic E-state index is -0.0276. The van der Waals surface area contributed by atoms with Crippen LogP contribution in [0.2, 0.25) is 0 Å². The smallest absolute Gasteiger partial charge is 0.267 e. The van der Waals surface area contributed by atoms with Crippen molar-refractivity contribution in [2.24, 2.45) is 0 Å². The first kappa shape index (κ1) is 19.4. The number of fused-ring (bicyclic) bond motifs is 3. The van der Waals surface area contributed by atoms with Gasteiger partial charge in [-0.3, -0.25) is 9.36 Å². The molecular formula is C22H21N3O3S2. The summed E-state index contributed by atoms with van der Waals surface area (Å²) in [6, 6.07) is 9.47. The monoisotopic (exact) mass is 439 g/mol. The molecule has 154 valence electrons. The molecule has 4 aromatic rings. The molecule has 1 aliphatic rings. The summed E-state index contributed by atoms with van der Waals surface area (Å²) in [7, 11) is 1.62. The van der Waals surface area contributed by atoms with Crippen LogP contribution < -0.4 is 10.3 Å². The second-order valence-corrected chi connectivity index (χ2v) is 9.35. The van der Waals surface area contributed by atoms with Gasteiger partial charge >= 0.3 is 0 Å². The highest BCUT2D eigenvalue weighted by atomic mass is 32.2. The van der Waals surface area contributed by atoms with E-state index in [0.29, 0.717) is 22.3 Å². The van der Waals surface area contributed by atoms with Crippen LogP contribution in [0.3, 0.4) is 0 Å². The van der Waals surface area contributed by atoms with Crippen molar-refractivity contribution >= 4 is 33.3 Å². The molecule has 0 fully saturated rings. The molecule has 1 aliphatic carbocycles. The van der Waals surface area contributed by atoms with E-state index in [-0.39, 0.29) is 5.56 Å². The molecule has 6 nitrogen and oxygen atoms in total. The van der Waals surface area contributed by atoms with Gasteiger partial charge in [0, 0.05) is 10.9 Å². The molecular weight excluding hydrogens is 418 g/mol. The number of benzene rings is 1. The van der Waals surface area contributed by atoms with Crippen molar-refractivity contribution in [1.29, 1.82) is 0 Å². The van der Waals surface area contributed by atoms with Gasteiger partial charge in [-0.25, -0.2) is 4.98 Å². The highest BCUT2D eigenvalue weighted by Crippen LogP contribution is 2.36. The van der Waals surface area contributed by atoms with E-state index in [1.807, 2.05) is 37.3 Å². The Kier molecular flexibility index (Phi) is 5.12. The molecule has 0 atom stereocenters. The Bertz CT molecular complexity index is 1290. The number of rotatable bonds is 5. The second kappa shape index (κ2) is 7.92. The zero-order chi connectivity index (χ0) is 20.7. The predicted octanol–water partition coefficient (Wildman–Crippen LogP) is 4.92. The maximum Gasteiger partial charge on any atom is 0.267 e. The molecule has 0 radical (unpaired) electrons. The third-order valence-corrected chi connectivity index (χ3v) is 7.45. The number of thiophene rings is 1. The van der Waals surface area contributed by atoms with Crippen LogP contribution in [-0.4, -0.2) is 21.8 Å². The van der Waals surface area contributed by atoms with Gasteiger partial charge < -0.3 is 9.26 Å². The van der Waals surface area contributed by atoms with Crippen molar-refractivity contribution in [3.05, 3.63) is 62.6 Å². The Morgan fingerprint density at radius 1 is 1.27 bits per heavy atom. The average molecular weight is 440 g/mol. The van der Waals surface area contributed by atoms with E-state index >= 15 is 0 Å². The van der Waals surface area contributed by atoms with Gasteiger partial charge in [-0.1, -0.05) is 29.1 Å². The maximum atomic E-state index is 13.8. The molecule has 0 saturated carbocycles. The third kappa shape index (κ3) is 3.33. The van der Waals surface area contributed by atoms with Gasteiger partial charge in [0.15, 0.2) is 5.16 Å². The number of nitrogens with zero attached hydrogens (tertiary/aromatic N) is 3. The molecule has 5 rings (SSSR count). The first-order valence-corrected chi connectivity index (χ1v) is 11.7. The van der Waals surface area contributed by atoms with Crippen molar-refractivity contribution in [1.82, 2.24) is 14.7 Å². The Morgan fingerprint density at radius 3 is 2.90 bits per heavy atom. The molecule has 0 unspecified atom stereocenters. The third-order valence-electron chi connectivity index (χ3n) is 5.30. The summed E-state index contributed by atoms with van der Waals surface area (Å²) in [5, 5.41) is 5.35. The predicted molar refractivity (Wildman–Crippen MR) is 119 cm³/mol. The van der Waals surface area contributed by atoms with Crippen LogP contribution >= 0.6 is 23.1 Å². The molecule has 0 amide bonds. The molecule has 0 N–H and O–H groups in total. The first-order valence-electron chi connectivity index (χ1n) is 9.91. The van der Waals surface area contributed by atoms with Crippen molar-refractivity contribution in [3.8, 4) is 11.4 Å². The molecule has 0 aliphatic heterocycles. The minimum absolute atomic E-state index is 0.0276. The molecule has 8 heteroatoms. The normalized spacial score (nSPS) is 13.5. The van der Waals surface area contributed by atoms with Gasteiger partial charge in [-0.05, 0) is 50.3 Å². The maximum absolute atomic E-state index is 13.8. The van der Waals surface area contributed by atoms with Gasteiger partial charge in [0.05, 0.1) is 29.6 Å². The topological polar surface area (TPSA) is 70.2 Å². The van der Waals surface area contributed by atoms with Crippen molar-refractivity contribution in [2.75, 3.05) is 7.11 Å². The lowest BCUT2D eigenvalue weighted by atomic mass is 9.97. The van der Waals surface area contributed by atoms with Gasteiger partial charge in [-0.2, -0.15) is 0 Å². The summed E-state index contributed by atoms with van der Waals surface area (Å²) >= 11 is 3.13. The van der Waals surface area contributed by atoms with E-state index < -0.39 is 0 Å². The fourth-order valence-corrected chi connectivity index (χ4v) is 6.11. The second-order valence-electron chi connectivity index (χ2n) is 7.32. The highest BCUT2D eigenvalue weighted by Gasteiger charge is 2.24. The Morgan fingerprint density at radius 2 is 2.10 bits per heavy atom. The molecule has 30 heavy (non-hydrogen) atoms. The van der Waals surface area contributed by atoms with Crippen LogP contribution in [0.1, 0.15) is 34.7 Å². The number of aromatic nitrogens is 3. The number of ether oxygens (including phenoxy) is 1. The lowest BCUT2D eigenvalue weighted by molar-refractivity contribution is 0.391. The fourth-order valence-electron chi connectivity index (χ4n) is 3.93. The Labute approximate surface area is 181 Å². The number of hydrogen-bond acceptors (Lipinski definition) is 7. The van der Waals surface area contributed by atoms with E-state index in [9.17, 15) is 4.79 Å². The zero-order valence-electron chi connectivity index (χ0n) is 16.8. The van der Waals surface area contributed by atoms with Crippen molar-refractivity contribution in [2.45, 2.75) is 43.5 Å². The van der Waals surface area contributed by atoms with E-state index in [4.69, 9.17) is 14.2 Å². The molecule has 3 aromatic heterocycles. The van der Waals surface area contributed by atoms with Crippen molar-refractivity contribution in [3.63, 3.8) is 0 Å². The molecule has 0 spiro atoms. The Hall–Kier alpha value is -2.58. The summed E-state index contributed by atoms with van der Waals surface area (Å²) in [6.45, 7) is 1.89. The van der Waals surface area contributed by atoms with Crippen molar-refractivity contribution < 1.29 is 9.26 Å². The van der Waals surface area contributed by atoms with Crippen LogP contribution in [0, 0.1) is 6.92 Å². The first-order chi connectivity index (χ1) is 14.7.